The van der Waals surface area contributed by atoms with Crippen LogP contribution in [0.2, 0.25) is 5.02 Å². The fraction of sp³-hybridized carbons (Fsp3) is 0.290. The Morgan fingerprint density at radius 1 is 1.08 bits per heavy atom. The van der Waals surface area contributed by atoms with E-state index in [2.05, 4.69) is 30.2 Å². The molecule has 5 rings (SSSR count). The van der Waals surface area contributed by atoms with Gasteiger partial charge in [0.1, 0.15) is 5.75 Å². The quantitative estimate of drug-likeness (QED) is 0.243. The summed E-state index contributed by atoms with van der Waals surface area (Å²) < 4.78 is 12.2. The van der Waals surface area contributed by atoms with Gasteiger partial charge in [-0.15, -0.1) is 11.3 Å². The standard InChI is InChI=1S/C31H31ClN2O3S/c1-20(2)26-16-23(25-10-6-7-11-27(25)32)17-37-30(26)22-12-14-24(15-13-22)36-18-29(35)34-31-33-28(19-38-31)21-8-4-3-5-9-21/h3-15,19-20,23,26,30H,16-18H2,1-2H3,(H,33,34,35)/t23-,26-,30-/m0/s1. The molecule has 4 aromatic rings. The van der Waals surface area contributed by atoms with Crippen LogP contribution in [-0.2, 0) is 9.53 Å². The molecule has 7 heteroatoms. The number of hydrogen-bond donors (Lipinski definition) is 1. The molecule has 1 amide bonds. The molecule has 1 aliphatic rings. The summed E-state index contributed by atoms with van der Waals surface area (Å²) in [5.74, 6) is 1.50. The second kappa shape index (κ2) is 12.1. The molecular weight excluding hydrogens is 516 g/mol. The van der Waals surface area contributed by atoms with E-state index >= 15 is 0 Å². The lowest BCUT2D eigenvalue weighted by Crippen LogP contribution is -2.31. The van der Waals surface area contributed by atoms with Crippen molar-refractivity contribution < 1.29 is 14.3 Å². The van der Waals surface area contributed by atoms with Gasteiger partial charge in [-0.3, -0.25) is 10.1 Å². The normalized spacial score (nSPS) is 19.3. The highest BCUT2D eigenvalue weighted by Gasteiger charge is 2.35. The Morgan fingerprint density at radius 2 is 1.82 bits per heavy atom. The number of ether oxygens (including phenoxy) is 2. The van der Waals surface area contributed by atoms with Crippen molar-refractivity contribution in [2.24, 2.45) is 11.8 Å². The van der Waals surface area contributed by atoms with Crippen molar-refractivity contribution in [3.8, 4) is 17.0 Å². The average Bonchev–Trinajstić information content (AvgIpc) is 3.41. The number of anilines is 1. The Balaban J connectivity index is 1.16. The molecule has 1 fully saturated rings. The summed E-state index contributed by atoms with van der Waals surface area (Å²) in [5.41, 5.74) is 4.13. The predicted octanol–water partition coefficient (Wildman–Crippen LogP) is 8.00. The highest BCUT2D eigenvalue weighted by molar-refractivity contribution is 7.14. The zero-order valence-electron chi connectivity index (χ0n) is 21.5. The van der Waals surface area contributed by atoms with E-state index < -0.39 is 0 Å². The molecular formula is C31H31ClN2O3S. The van der Waals surface area contributed by atoms with Crippen LogP contribution in [0.15, 0.2) is 84.2 Å². The van der Waals surface area contributed by atoms with Crippen LogP contribution < -0.4 is 10.1 Å². The van der Waals surface area contributed by atoms with Crippen molar-refractivity contribution in [1.29, 1.82) is 0 Å². The lowest BCUT2D eigenvalue weighted by atomic mass is 9.76. The number of amides is 1. The number of rotatable bonds is 8. The van der Waals surface area contributed by atoms with E-state index in [-0.39, 0.29) is 24.5 Å². The molecule has 5 nitrogen and oxygen atoms in total. The fourth-order valence-electron chi connectivity index (χ4n) is 4.98. The van der Waals surface area contributed by atoms with Crippen LogP contribution in [-0.4, -0.2) is 24.1 Å². The van der Waals surface area contributed by atoms with Gasteiger partial charge in [0.05, 0.1) is 18.4 Å². The van der Waals surface area contributed by atoms with Crippen molar-refractivity contribution in [2.45, 2.75) is 32.3 Å². The lowest BCUT2D eigenvalue weighted by molar-refractivity contribution is -0.118. The van der Waals surface area contributed by atoms with Crippen LogP contribution in [0.25, 0.3) is 11.3 Å². The maximum Gasteiger partial charge on any atom is 0.264 e. The Hall–Kier alpha value is -3.19. The monoisotopic (exact) mass is 546 g/mol. The molecule has 2 heterocycles. The van der Waals surface area contributed by atoms with Crippen LogP contribution in [0, 0.1) is 11.8 Å². The molecule has 196 valence electrons. The van der Waals surface area contributed by atoms with Crippen LogP contribution in [0.5, 0.6) is 5.75 Å². The molecule has 0 radical (unpaired) electrons. The van der Waals surface area contributed by atoms with E-state index in [1.54, 1.807) is 0 Å². The van der Waals surface area contributed by atoms with Gasteiger partial charge in [0.25, 0.3) is 5.91 Å². The van der Waals surface area contributed by atoms with Crippen molar-refractivity contribution in [2.75, 3.05) is 18.5 Å². The molecule has 1 N–H and O–H groups in total. The number of nitrogens with one attached hydrogen (secondary N) is 1. The summed E-state index contributed by atoms with van der Waals surface area (Å²) in [7, 11) is 0. The van der Waals surface area contributed by atoms with Gasteiger partial charge in [0, 0.05) is 21.9 Å². The van der Waals surface area contributed by atoms with E-state index in [1.807, 2.05) is 78.2 Å². The molecule has 1 aromatic heterocycles. The topological polar surface area (TPSA) is 60.5 Å². The van der Waals surface area contributed by atoms with Crippen LogP contribution in [0.1, 0.15) is 43.4 Å². The van der Waals surface area contributed by atoms with Gasteiger partial charge in [-0.2, -0.15) is 0 Å². The molecule has 0 saturated carbocycles. The minimum atomic E-state index is -0.246. The molecule has 3 atom stereocenters. The second-order valence-corrected chi connectivity index (χ2v) is 11.2. The highest BCUT2D eigenvalue weighted by Crippen LogP contribution is 2.44. The zero-order valence-corrected chi connectivity index (χ0v) is 23.0. The molecule has 0 unspecified atom stereocenters. The van der Waals surface area contributed by atoms with E-state index in [9.17, 15) is 4.79 Å². The van der Waals surface area contributed by atoms with E-state index in [0.29, 0.717) is 29.3 Å². The Labute approximate surface area is 232 Å². The number of carbonyl (C=O) groups excluding carboxylic acids is 1. The third kappa shape index (κ3) is 6.26. The highest BCUT2D eigenvalue weighted by atomic mass is 35.5. The Kier molecular flexibility index (Phi) is 8.42. The molecule has 0 bridgehead atoms. The largest absolute Gasteiger partial charge is 0.484 e. The summed E-state index contributed by atoms with van der Waals surface area (Å²) in [6.45, 7) is 5.04. The first-order valence-electron chi connectivity index (χ1n) is 12.9. The maximum atomic E-state index is 12.4. The van der Waals surface area contributed by atoms with E-state index in [4.69, 9.17) is 21.1 Å². The smallest absolute Gasteiger partial charge is 0.264 e. The van der Waals surface area contributed by atoms with Crippen molar-refractivity contribution in [3.05, 3.63) is 100 Å². The number of benzene rings is 3. The minimum Gasteiger partial charge on any atom is -0.484 e. The SMILES string of the molecule is CC(C)[C@@H]1C[C@H](c2ccccc2Cl)CO[C@H]1c1ccc(OCC(=O)Nc2nc(-c3ccccc3)cs2)cc1. The number of aromatic nitrogens is 1. The van der Waals surface area contributed by atoms with Gasteiger partial charge in [0.15, 0.2) is 11.7 Å². The zero-order chi connectivity index (χ0) is 26.5. The van der Waals surface area contributed by atoms with Gasteiger partial charge in [-0.05, 0) is 47.6 Å². The van der Waals surface area contributed by atoms with Gasteiger partial charge in [-0.1, -0.05) is 86.1 Å². The molecule has 0 aliphatic carbocycles. The summed E-state index contributed by atoms with van der Waals surface area (Å²) in [6, 6.07) is 25.8. The second-order valence-electron chi connectivity index (χ2n) is 9.93. The van der Waals surface area contributed by atoms with Gasteiger partial charge < -0.3 is 9.47 Å². The number of carbonyl (C=O) groups is 1. The van der Waals surface area contributed by atoms with Crippen molar-refractivity contribution in [1.82, 2.24) is 4.98 Å². The molecule has 0 spiro atoms. The van der Waals surface area contributed by atoms with E-state index in [0.717, 1.165) is 33.8 Å². The molecule has 1 aliphatic heterocycles. The summed E-state index contributed by atoms with van der Waals surface area (Å²) >= 11 is 7.87. The molecule has 38 heavy (non-hydrogen) atoms. The van der Waals surface area contributed by atoms with Gasteiger partial charge in [0.2, 0.25) is 0 Å². The third-order valence-electron chi connectivity index (χ3n) is 7.02. The molecule has 3 aromatic carbocycles. The number of hydrogen-bond acceptors (Lipinski definition) is 5. The van der Waals surface area contributed by atoms with Crippen LogP contribution >= 0.6 is 22.9 Å². The lowest BCUT2D eigenvalue weighted by Gasteiger charge is -2.39. The fourth-order valence-corrected chi connectivity index (χ4v) is 6.01. The molecule has 1 saturated heterocycles. The minimum absolute atomic E-state index is 0.00907. The first-order valence-corrected chi connectivity index (χ1v) is 14.1. The summed E-state index contributed by atoms with van der Waals surface area (Å²) in [6.07, 6.45) is 1.03. The summed E-state index contributed by atoms with van der Waals surface area (Å²) in [4.78, 5) is 16.9. The number of thiazole rings is 1. The third-order valence-corrected chi connectivity index (χ3v) is 8.12. The van der Waals surface area contributed by atoms with Crippen molar-refractivity contribution >= 4 is 34.0 Å². The first-order chi connectivity index (χ1) is 18.5. The van der Waals surface area contributed by atoms with E-state index in [1.165, 1.54) is 11.3 Å². The first kappa shape index (κ1) is 26.4. The Morgan fingerprint density at radius 3 is 2.55 bits per heavy atom. The average molecular weight is 547 g/mol. The van der Waals surface area contributed by atoms with Gasteiger partial charge >= 0.3 is 0 Å². The number of nitrogens with zero attached hydrogens (tertiary/aromatic N) is 1. The van der Waals surface area contributed by atoms with Crippen LogP contribution in [0.3, 0.4) is 0 Å². The predicted molar refractivity (Wildman–Crippen MR) is 154 cm³/mol. The Bertz CT molecular complexity index is 1360. The van der Waals surface area contributed by atoms with Crippen molar-refractivity contribution in [3.63, 3.8) is 0 Å². The summed E-state index contributed by atoms with van der Waals surface area (Å²) in [5, 5.41) is 6.11. The van der Waals surface area contributed by atoms with Crippen LogP contribution in [0.4, 0.5) is 5.13 Å². The maximum absolute atomic E-state index is 12.4. The number of halogens is 1. The van der Waals surface area contributed by atoms with Gasteiger partial charge in [-0.25, -0.2) is 4.98 Å².